The molecule has 1 aliphatic heterocycles. The van der Waals surface area contributed by atoms with Crippen LogP contribution in [0.3, 0.4) is 0 Å². The number of ether oxygens (including phenoxy) is 4. The summed E-state index contributed by atoms with van der Waals surface area (Å²) >= 11 is 0. The molecule has 0 aromatic rings. The molecule has 0 aromatic carbocycles. The van der Waals surface area contributed by atoms with Gasteiger partial charge in [0.15, 0.2) is 0 Å². The predicted octanol–water partition coefficient (Wildman–Crippen LogP) is 0.573. The van der Waals surface area contributed by atoms with Crippen LogP contribution in [-0.4, -0.2) is 45.3 Å². The lowest BCUT2D eigenvalue weighted by Crippen LogP contribution is -2.20. The van der Waals surface area contributed by atoms with E-state index in [4.69, 9.17) is 9.47 Å². The van der Waals surface area contributed by atoms with Crippen LogP contribution in [0, 0.1) is 0 Å². The van der Waals surface area contributed by atoms with E-state index in [0.29, 0.717) is 6.61 Å². The number of hydrogen-bond acceptors (Lipinski definition) is 5. The molecule has 1 heterocycles. The van der Waals surface area contributed by atoms with E-state index >= 15 is 0 Å². The third kappa shape index (κ3) is 4.69. The molecule has 0 saturated carbocycles. The van der Waals surface area contributed by atoms with E-state index in [-0.39, 0.29) is 18.8 Å². The summed E-state index contributed by atoms with van der Waals surface area (Å²) in [6, 6.07) is 0. The summed E-state index contributed by atoms with van der Waals surface area (Å²) in [5.41, 5.74) is 0. The fourth-order valence-electron chi connectivity index (χ4n) is 0.728. The van der Waals surface area contributed by atoms with Gasteiger partial charge in [-0.3, -0.25) is 0 Å². The minimum absolute atomic E-state index is 0.122. The van der Waals surface area contributed by atoms with Crippen LogP contribution < -0.4 is 0 Å². The Morgan fingerprint density at radius 1 is 1.69 bits per heavy atom. The van der Waals surface area contributed by atoms with E-state index in [1.54, 1.807) is 0 Å². The van der Waals surface area contributed by atoms with Crippen molar-refractivity contribution in [1.29, 1.82) is 0 Å². The third-order valence-corrected chi connectivity index (χ3v) is 1.57. The van der Waals surface area contributed by atoms with Gasteiger partial charge in [-0.2, -0.15) is 0 Å². The average Bonchev–Trinajstić information content (AvgIpc) is 2.94. The molecule has 0 bridgehead atoms. The van der Waals surface area contributed by atoms with Gasteiger partial charge in [-0.1, -0.05) is 0 Å². The van der Waals surface area contributed by atoms with Gasteiger partial charge in [0.05, 0.1) is 26.4 Å². The Bertz CT molecular complexity index is 166. The Morgan fingerprint density at radius 2 is 2.38 bits per heavy atom. The van der Waals surface area contributed by atoms with E-state index in [1.807, 2.05) is 6.92 Å². The molecule has 0 aromatic heterocycles. The van der Waals surface area contributed by atoms with Crippen molar-refractivity contribution in [3.05, 3.63) is 0 Å². The maximum absolute atomic E-state index is 10.5. The van der Waals surface area contributed by atoms with Gasteiger partial charge in [0.25, 0.3) is 0 Å². The molecule has 1 saturated heterocycles. The van der Waals surface area contributed by atoms with E-state index in [9.17, 15) is 4.79 Å². The molecule has 0 amide bonds. The van der Waals surface area contributed by atoms with Gasteiger partial charge in [0, 0.05) is 0 Å². The largest absolute Gasteiger partial charge is 0.508 e. The zero-order valence-electron chi connectivity index (χ0n) is 7.82. The molecule has 76 valence electrons. The third-order valence-electron chi connectivity index (χ3n) is 1.57. The minimum Gasteiger partial charge on any atom is -0.438 e. The molecule has 13 heavy (non-hydrogen) atoms. The van der Waals surface area contributed by atoms with Gasteiger partial charge in [0.1, 0.15) is 12.7 Å². The van der Waals surface area contributed by atoms with Gasteiger partial charge < -0.3 is 18.9 Å². The minimum atomic E-state index is -0.682. The zero-order valence-corrected chi connectivity index (χ0v) is 7.82. The van der Waals surface area contributed by atoms with Crippen LogP contribution in [0.5, 0.6) is 0 Å². The van der Waals surface area contributed by atoms with Crippen molar-refractivity contribution in [3.63, 3.8) is 0 Å². The molecular weight excluding hydrogens is 176 g/mol. The molecule has 1 fully saturated rings. The zero-order chi connectivity index (χ0) is 9.68. The maximum Gasteiger partial charge on any atom is 0.508 e. The fourth-order valence-corrected chi connectivity index (χ4v) is 0.728. The van der Waals surface area contributed by atoms with Crippen LogP contribution in [-0.2, 0) is 18.9 Å². The van der Waals surface area contributed by atoms with Gasteiger partial charge in [-0.25, -0.2) is 4.79 Å². The quantitative estimate of drug-likeness (QED) is 0.468. The maximum atomic E-state index is 10.5. The normalized spacial score (nSPS) is 22.2. The molecule has 0 radical (unpaired) electrons. The molecule has 2 atom stereocenters. The van der Waals surface area contributed by atoms with Crippen molar-refractivity contribution in [1.82, 2.24) is 0 Å². The second-order valence-corrected chi connectivity index (χ2v) is 2.86. The van der Waals surface area contributed by atoms with E-state index in [1.165, 1.54) is 7.11 Å². The molecule has 0 aliphatic carbocycles. The molecule has 1 rings (SSSR count). The van der Waals surface area contributed by atoms with Crippen LogP contribution in [0.4, 0.5) is 4.79 Å². The number of epoxide rings is 1. The molecule has 0 N–H and O–H groups in total. The van der Waals surface area contributed by atoms with Gasteiger partial charge >= 0.3 is 6.16 Å². The van der Waals surface area contributed by atoms with Crippen LogP contribution in [0.25, 0.3) is 0 Å². The molecular formula is C8H14O5. The van der Waals surface area contributed by atoms with Gasteiger partial charge in [-0.15, -0.1) is 0 Å². The first-order valence-electron chi connectivity index (χ1n) is 4.16. The Hall–Kier alpha value is -0.810. The monoisotopic (exact) mass is 190 g/mol. The topological polar surface area (TPSA) is 57.3 Å². The number of rotatable bonds is 5. The summed E-state index contributed by atoms with van der Waals surface area (Å²) in [5.74, 6) is 0. The predicted molar refractivity (Wildman–Crippen MR) is 43.5 cm³/mol. The first kappa shape index (κ1) is 10.3. The van der Waals surface area contributed by atoms with Crippen LogP contribution in [0.2, 0.25) is 0 Å². The van der Waals surface area contributed by atoms with E-state index in [2.05, 4.69) is 9.47 Å². The number of hydrogen-bond donors (Lipinski definition) is 0. The summed E-state index contributed by atoms with van der Waals surface area (Å²) in [6.07, 6.45) is -0.568. The standard InChI is InChI=1S/C8H14O5/c1-6(3-13-8(9)10-2)11-4-7-5-12-7/h6-7H,3-5H2,1-2H3. The van der Waals surface area contributed by atoms with Gasteiger partial charge in [-0.05, 0) is 6.92 Å². The highest BCUT2D eigenvalue weighted by atomic mass is 16.7. The van der Waals surface area contributed by atoms with E-state index in [0.717, 1.165) is 6.61 Å². The van der Waals surface area contributed by atoms with Crippen molar-refractivity contribution in [3.8, 4) is 0 Å². The highest BCUT2D eigenvalue weighted by Crippen LogP contribution is 2.09. The number of carbonyl (C=O) groups is 1. The number of methoxy groups -OCH3 is 1. The Morgan fingerprint density at radius 3 is 2.92 bits per heavy atom. The average molecular weight is 190 g/mol. The van der Waals surface area contributed by atoms with Crippen LogP contribution >= 0.6 is 0 Å². The molecule has 5 nitrogen and oxygen atoms in total. The summed E-state index contributed by atoms with van der Waals surface area (Å²) in [6.45, 7) is 3.36. The molecule has 5 heteroatoms. The lowest BCUT2D eigenvalue weighted by Gasteiger charge is -2.11. The summed E-state index contributed by atoms with van der Waals surface area (Å²) in [4.78, 5) is 10.5. The number of carbonyl (C=O) groups excluding carboxylic acids is 1. The summed E-state index contributed by atoms with van der Waals surface area (Å²) < 4.78 is 19.2. The molecule has 1 aliphatic rings. The second-order valence-electron chi connectivity index (χ2n) is 2.86. The van der Waals surface area contributed by atoms with Crippen molar-refractivity contribution in [2.45, 2.75) is 19.1 Å². The van der Waals surface area contributed by atoms with Crippen molar-refractivity contribution < 1.29 is 23.7 Å². The van der Waals surface area contributed by atoms with Crippen molar-refractivity contribution >= 4 is 6.16 Å². The van der Waals surface area contributed by atoms with E-state index < -0.39 is 6.16 Å². The Kier molecular flexibility index (Phi) is 3.98. The first-order valence-corrected chi connectivity index (χ1v) is 4.16. The lowest BCUT2D eigenvalue weighted by atomic mass is 10.4. The van der Waals surface area contributed by atoms with Crippen LogP contribution in [0.1, 0.15) is 6.92 Å². The Balaban J connectivity index is 1.95. The smallest absolute Gasteiger partial charge is 0.438 e. The lowest BCUT2D eigenvalue weighted by molar-refractivity contribution is -0.00751. The molecule has 0 spiro atoms. The summed E-state index contributed by atoms with van der Waals surface area (Å²) in [5, 5.41) is 0. The molecule has 2 unspecified atom stereocenters. The highest BCUT2D eigenvalue weighted by molar-refractivity contribution is 5.59. The summed E-state index contributed by atoms with van der Waals surface area (Å²) in [7, 11) is 1.27. The SMILES string of the molecule is COC(=O)OCC(C)OCC1CO1. The van der Waals surface area contributed by atoms with Crippen molar-refractivity contribution in [2.75, 3.05) is 26.9 Å². The Labute approximate surface area is 76.9 Å². The fraction of sp³-hybridized carbons (Fsp3) is 0.875. The second kappa shape index (κ2) is 5.04. The van der Waals surface area contributed by atoms with Crippen molar-refractivity contribution in [2.24, 2.45) is 0 Å². The van der Waals surface area contributed by atoms with Gasteiger partial charge in [0.2, 0.25) is 0 Å². The first-order chi connectivity index (χ1) is 6.22. The van der Waals surface area contributed by atoms with Crippen LogP contribution in [0.15, 0.2) is 0 Å². The highest BCUT2D eigenvalue weighted by Gasteiger charge is 2.23.